The third-order valence-corrected chi connectivity index (χ3v) is 1.09. The predicted octanol–water partition coefficient (Wildman–Crippen LogP) is 0.847. The molecule has 0 amide bonds. The van der Waals surface area contributed by atoms with Crippen LogP contribution in [0.25, 0.3) is 0 Å². The molecule has 6 heavy (non-hydrogen) atoms. The van der Waals surface area contributed by atoms with Crippen molar-refractivity contribution in [2.24, 2.45) is 0 Å². The Morgan fingerprint density at radius 3 is 2.83 bits per heavy atom. The molecular formula is C3H4N2S. The highest BCUT2D eigenvalue weighted by atomic mass is 32.1. The predicted molar refractivity (Wildman–Crippen MR) is 24.6 cm³/mol. The normalized spacial score (nSPS) is 8.83. The molecule has 0 atom stereocenters. The van der Waals surface area contributed by atoms with Crippen molar-refractivity contribution in [1.82, 2.24) is 10.2 Å². The summed E-state index contributed by atoms with van der Waals surface area (Å²) in [6.45, 7) is 1.93. The monoisotopic (exact) mass is 100 g/mol. The first-order valence-electron chi connectivity index (χ1n) is 1.62. The van der Waals surface area contributed by atoms with E-state index in [1.165, 1.54) is 0 Å². The zero-order chi connectivity index (χ0) is 4.41. The number of aromatic nitrogens is 2. The van der Waals surface area contributed by atoms with Crippen LogP contribution >= 0.6 is 11.3 Å². The summed E-state index contributed by atoms with van der Waals surface area (Å²) in [5.74, 6) is 0. The highest BCUT2D eigenvalue weighted by Gasteiger charge is 1.78. The number of hydrogen-bond acceptors (Lipinski definition) is 3. The summed E-state index contributed by atoms with van der Waals surface area (Å²) in [5.41, 5.74) is 1.72. The van der Waals surface area contributed by atoms with E-state index in [-0.39, 0.29) is 0 Å². The standard InChI is InChI=1S/C3H4N2S/c1-3-5-4-2-6-3/h2H,1H3. The summed E-state index contributed by atoms with van der Waals surface area (Å²) in [7, 11) is 0. The average molecular weight is 100 g/mol. The number of aryl methyl sites for hydroxylation is 1. The van der Waals surface area contributed by atoms with Gasteiger partial charge in [0.05, 0.1) is 0 Å². The molecule has 3 heteroatoms. The molecule has 0 aliphatic heterocycles. The molecule has 0 spiro atoms. The van der Waals surface area contributed by atoms with Gasteiger partial charge in [0, 0.05) is 0 Å². The van der Waals surface area contributed by atoms with Crippen molar-refractivity contribution < 1.29 is 0 Å². The molecule has 1 aromatic rings. The third kappa shape index (κ3) is 0.542. The van der Waals surface area contributed by atoms with Crippen LogP contribution in [0, 0.1) is 6.92 Å². The second-order valence-electron chi connectivity index (χ2n) is 0.958. The Balaban J connectivity index is 3.05. The summed E-state index contributed by atoms with van der Waals surface area (Å²) in [6, 6.07) is 0. The quantitative estimate of drug-likeness (QED) is 0.483. The highest BCUT2D eigenvalue weighted by Crippen LogP contribution is 1.94. The lowest BCUT2D eigenvalue weighted by Gasteiger charge is -1.61. The summed E-state index contributed by atoms with van der Waals surface area (Å²) < 4.78 is 0. The topological polar surface area (TPSA) is 25.8 Å². The van der Waals surface area contributed by atoms with Crippen molar-refractivity contribution in [1.29, 1.82) is 0 Å². The Morgan fingerprint density at radius 1 is 1.83 bits per heavy atom. The van der Waals surface area contributed by atoms with E-state index in [1.54, 1.807) is 16.8 Å². The Kier molecular flexibility index (Phi) is 0.837. The van der Waals surface area contributed by atoms with E-state index in [2.05, 4.69) is 10.2 Å². The van der Waals surface area contributed by atoms with Crippen molar-refractivity contribution in [3.8, 4) is 0 Å². The van der Waals surface area contributed by atoms with Gasteiger partial charge in [-0.25, -0.2) is 0 Å². The van der Waals surface area contributed by atoms with Crippen LogP contribution in [0.4, 0.5) is 0 Å². The maximum Gasteiger partial charge on any atom is 0.114 e. The van der Waals surface area contributed by atoms with Crippen LogP contribution in [0.5, 0.6) is 0 Å². The Hall–Kier alpha value is -0.440. The molecule has 0 bridgehead atoms. The van der Waals surface area contributed by atoms with Gasteiger partial charge in [-0.15, -0.1) is 21.5 Å². The largest absolute Gasteiger partial charge is 0.147 e. The van der Waals surface area contributed by atoms with Crippen LogP contribution in [0.15, 0.2) is 5.51 Å². The molecule has 1 aromatic heterocycles. The molecule has 0 aliphatic rings. The van der Waals surface area contributed by atoms with E-state index < -0.39 is 0 Å². The maximum absolute atomic E-state index is 3.69. The third-order valence-electron chi connectivity index (χ3n) is 0.469. The van der Waals surface area contributed by atoms with Gasteiger partial charge < -0.3 is 0 Å². The number of nitrogens with zero attached hydrogens (tertiary/aromatic N) is 2. The Bertz CT molecular complexity index is 112. The van der Waals surface area contributed by atoms with Crippen LogP contribution in [0.3, 0.4) is 0 Å². The fraction of sp³-hybridized carbons (Fsp3) is 0.333. The molecule has 1 rings (SSSR count). The van der Waals surface area contributed by atoms with E-state index in [0.29, 0.717) is 0 Å². The molecule has 0 fully saturated rings. The zero-order valence-corrected chi connectivity index (χ0v) is 4.20. The van der Waals surface area contributed by atoms with Crippen LogP contribution in [-0.4, -0.2) is 10.2 Å². The molecule has 0 aliphatic carbocycles. The molecule has 2 nitrogen and oxygen atoms in total. The fourth-order valence-electron chi connectivity index (χ4n) is 0.228. The second-order valence-corrected chi connectivity index (χ2v) is 2.00. The van der Waals surface area contributed by atoms with E-state index in [4.69, 9.17) is 0 Å². The fourth-order valence-corrected chi connectivity index (χ4v) is 0.569. The summed E-state index contributed by atoms with van der Waals surface area (Å²) in [5, 5.41) is 8.30. The van der Waals surface area contributed by atoms with Gasteiger partial charge >= 0.3 is 0 Å². The van der Waals surface area contributed by atoms with Crippen molar-refractivity contribution in [2.75, 3.05) is 0 Å². The Morgan fingerprint density at radius 2 is 2.67 bits per heavy atom. The molecule has 0 N–H and O–H groups in total. The van der Waals surface area contributed by atoms with Crippen molar-refractivity contribution in [3.63, 3.8) is 0 Å². The number of rotatable bonds is 0. The van der Waals surface area contributed by atoms with E-state index in [1.807, 2.05) is 6.92 Å². The summed E-state index contributed by atoms with van der Waals surface area (Å²) in [4.78, 5) is 0. The van der Waals surface area contributed by atoms with E-state index in [9.17, 15) is 0 Å². The minimum Gasteiger partial charge on any atom is -0.147 e. The van der Waals surface area contributed by atoms with Crippen LogP contribution in [0.1, 0.15) is 5.01 Å². The lowest BCUT2D eigenvalue weighted by molar-refractivity contribution is 1.05. The SMILES string of the molecule is Cc1nncs1. The molecule has 32 valence electrons. The summed E-state index contributed by atoms with van der Waals surface area (Å²) in [6.07, 6.45) is 0. The first kappa shape index (κ1) is 3.74. The van der Waals surface area contributed by atoms with Gasteiger partial charge in [0.1, 0.15) is 10.5 Å². The van der Waals surface area contributed by atoms with Crippen molar-refractivity contribution >= 4 is 11.3 Å². The molecule has 1 heterocycles. The van der Waals surface area contributed by atoms with Crippen molar-refractivity contribution in [2.45, 2.75) is 6.92 Å². The lowest BCUT2D eigenvalue weighted by Crippen LogP contribution is -1.64. The smallest absolute Gasteiger partial charge is 0.114 e. The maximum atomic E-state index is 3.69. The lowest BCUT2D eigenvalue weighted by atomic mass is 10.9. The average Bonchev–Trinajstić information content (AvgIpc) is 1.86. The van der Waals surface area contributed by atoms with E-state index >= 15 is 0 Å². The van der Waals surface area contributed by atoms with Gasteiger partial charge in [-0.3, -0.25) is 0 Å². The van der Waals surface area contributed by atoms with Gasteiger partial charge in [-0.05, 0) is 6.92 Å². The molecule has 0 aromatic carbocycles. The molecule has 0 radical (unpaired) electrons. The van der Waals surface area contributed by atoms with Gasteiger partial charge in [0.2, 0.25) is 0 Å². The van der Waals surface area contributed by atoms with Crippen LogP contribution < -0.4 is 0 Å². The van der Waals surface area contributed by atoms with E-state index in [0.717, 1.165) is 5.01 Å². The molecule has 0 saturated heterocycles. The Labute approximate surface area is 39.8 Å². The first-order valence-corrected chi connectivity index (χ1v) is 2.50. The van der Waals surface area contributed by atoms with Crippen LogP contribution in [-0.2, 0) is 0 Å². The number of hydrogen-bond donors (Lipinski definition) is 0. The van der Waals surface area contributed by atoms with Gasteiger partial charge in [0.25, 0.3) is 0 Å². The molecule has 0 unspecified atom stereocenters. The van der Waals surface area contributed by atoms with Crippen molar-refractivity contribution in [3.05, 3.63) is 10.5 Å². The van der Waals surface area contributed by atoms with Crippen LogP contribution in [0.2, 0.25) is 0 Å². The van der Waals surface area contributed by atoms with Gasteiger partial charge in [-0.2, -0.15) is 0 Å². The highest BCUT2D eigenvalue weighted by molar-refractivity contribution is 7.09. The molecular weight excluding hydrogens is 96.1 g/mol. The first-order chi connectivity index (χ1) is 2.89. The minimum absolute atomic E-state index is 1.02. The summed E-state index contributed by atoms with van der Waals surface area (Å²) >= 11 is 1.56. The van der Waals surface area contributed by atoms with Gasteiger partial charge in [0.15, 0.2) is 0 Å². The van der Waals surface area contributed by atoms with Gasteiger partial charge in [-0.1, -0.05) is 0 Å². The molecule has 0 saturated carbocycles. The minimum atomic E-state index is 1.02. The zero-order valence-electron chi connectivity index (χ0n) is 3.38. The second kappa shape index (κ2) is 1.34.